The average Bonchev–Trinajstić information content (AvgIpc) is 2.80. The molecular formula is C11H23N. The fourth-order valence-corrected chi connectivity index (χ4v) is 2.42. The van der Waals surface area contributed by atoms with Crippen LogP contribution in [0.15, 0.2) is 0 Å². The lowest BCUT2D eigenvalue weighted by Crippen LogP contribution is -2.39. The van der Waals surface area contributed by atoms with Crippen molar-refractivity contribution < 1.29 is 0 Å². The van der Waals surface area contributed by atoms with E-state index in [1.54, 1.807) is 0 Å². The summed E-state index contributed by atoms with van der Waals surface area (Å²) in [4.78, 5) is 0. The average molecular weight is 169 g/mol. The Labute approximate surface area is 76.9 Å². The molecule has 0 radical (unpaired) electrons. The lowest BCUT2D eigenvalue weighted by Gasteiger charge is -2.30. The molecule has 0 aromatic heterocycles. The molecule has 1 saturated carbocycles. The number of hydrogen-bond acceptors (Lipinski definition) is 1. The largest absolute Gasteiger partial charge is 0.316 e. The van der Waals surface area contributed by atoms with Crippen molar-refractivity contribution in [3.8, 4) is 0 Å². The van der Waals surface area contributed by atoms with Gasteiger partial charge < -0.3 is 5.32 Å². The van der Waals surface area contributed by atoms with Crippen molar-refractivity contribution in [3.63, 3.8) is 0 Å². The monoisotopic (exact) mass is 169 g/mol. The molecule has 0 heterocycles. The highest BCUT2D eigenvalue weighted by atomic mass is 14.9. The zero-order valence-corrected chi connectivity index (χ0v) is 8.98. The van der Waals surface area contributed by atoms with Crippen LogP contribution in [0.1, 0.15) is 46.5 Å². The van der Waals surface area contributed by atoms with Crippen LogP contribution in [-0.2, 0) is 0 Å². The third-order valence-corrected chi connectivity index (χ3v) is 3.62. The first-order valence-electron chi connectivity index (χ1n) is 5.35. The summed E-state index contributed by atoms with van der Waals surface area (Å²) in [6.07, 6.45) is 5.49. The second-order valence-electron chi connectivity index (χ2n) is 4.50. The van der Waals surface area contributed by atoms with Crippen molar-refractivity contribution in [1.29, 1.82) is 0 Å². The van der Waals surface area contributed by atoms with Gasteiger partial charge in [0, 0.05) is 6.04 Å². The van der Waals surface area contributed by atoms with Crippen molar-refractivity contribution >= 4 is 0 Å². The van der Waals surface area contributed by atoms with E-state index in [0.717, 1.165) is 12.0 Å². The molecule has 1 nitrogen and oxygen atoms in total. The smallest absolute Gasteiger partial charge is 0.0146 e. The molecule has 0 aliphatic heterocycles. The summed E-state index contributed by atoms with van der Waals surface area (Å²) < 4.78 is 0. The molecule has 12 heavy (non-hydrogen) atoms. The van der Waals surface area contributed by atoms with E-state index in [1.165, 1.54) is 25.7 Å². The molecule has 0 amide bonds. The number of hydrogen-bond donors (Lipinski definition) is 1. The molecule has 72 valence electrons. The third-order valence-electron chi connectivity index (χ3n) is 3.62. The van der Waals surface area contributed by atoms with Crippen molar-refractivity contribution in [3.05, 3.63) is 0 Å². The highest BCUT2D eigenvalue weighted by Crippen LogP contribution is 2.50. The summed E-state index contributed by atoms with van der Waals surface area (Å²) in [6, 6.07) is 0.757. The van der Waals surface area contributed by atoms with Crippen LogP contribution in [0.5, 0.6) is 0 Å². The summed E-state index contributed by atoms with van der Waals surface area (Å²) in [5, 5.41) is 3.51. The van der Waals surface area contributed by atoms with E-state index in [0.29, 0.717) is 5.41 Å². The predicted molar refractivity (Wildman–Crippen MR) is 54.3 cm³/mol. The molecule has 0 saturated heterocycles. The van der Waals surface area contributed by atoms with E-state index in [1.807, 2.05) is 0 Å². The Balaban J connectivity index is 2.53. The van der Waals surface area contributed by atoms with Crippen LogP contribution in [0.4, 0.5) is 0 Å². The van der Waals surface area contributed by atoms with Crippen LogP contribution in [0.2, 0.25) is 0 Å². The Bertz CT molecular complexity index is 134. The Morgan fingerprint density at radius 2 is 1.75 bits per heavy atom. The molecule has 1 aliphatic carbocycles. The number of nitrogens with one attached hydrogen (secondary N) is 1. The highest BCUT2D eigenvalue weighted by molar-refractivity contribution is 5.00. The fraction of sp³-hybridized carbons (Fsp3) is 1.00. The predicted octanol–water partition coefficient (Wildman–Crippen LogP) is 2.81. The van der Waals surface area contributed by atoms with Gasteiger partial charge in [0.15, 0.2) is 0 Å². The molecule has 1 unspecified atom stereocenters. The Morgan fingerprint density at radius 1 is 1.25 bits per heavy atom. The van der Waals surface area contributed by atoms with Crippen LogP contribution < -0.4 is 5.32 Å². The van der Waals surface area contributed by atoms with Gasteiger partial charge in [-0.25, -0.2) is 0 Å². The van der Waals surface area contributed by atoms with Gasteiger partial charge in [0.1, 0.15) is 0 Å². The maximum atomic E-state index is 3.51. The fourth-order valence-electron chi connectivity index (χ4n) is 2.42. The normalized spacial score (nSPS) is 22.8. The van der Waals surface area contributed by atoms with Crippen molar-refractivity contribution in [1.82, 2.24) is 5.32 Å². The second kappa shape index (κ2) is 3.78. The zero-order valence-electron chi connectivity index (χ0n) is 8.98. The SMILES string of the molecule is CCC(CC)C(NC)C1(C)CC1. The Morgan fingerprint density at radius 3 is 2.00 bits per heavy atom. The molecule has 0 aromatic rings. The van der Waals surface area contributed by atoms with Crippen LogP contribution in [0.25, 0.3) is 0 Å². The molecule has 1 N–H and O–H groups in total. The summed E-state index contributed by atoms with van der Waals surface area (Å²) in [7, 11) is 2.12. The van der Waals surface area contributed by atoms with Gasteiger partial charge in [-0.1, -0.05) is 33.6 Å². The van der Waals surface area contributed by atoms with E-state index >= 15 is 0 Å². The first kappa shape index (κ1) is 10.0. The topological polar surface area (TPSA) is 12.0 Å². The van der Waals surface area contributed by atoms with Gasteiger partial charge in [-0.15, -0.1) is 0 Å². The van der Waals surface area contributed by atoms with Gasteiger partial charge in [-0.2, -0.15) is 0 Å². The Hall–Kier alpha value is -0.0400. The van der Waals surface area contributed by atoms with Gasteiger partial charge in [0.2, 0.25) is 0 Å². The van der Waals surface area contributed by atoms with E-state index < -0.39 is 0 Å². The van der Waals surface area contributed by atoms with Crippen molar-refractivity contribution in [2.45, 2.75) is 52.5 Å². The molecule has 1 aliphatic rings. The minimum Gasteiger partial charge on any atom is -0.316 e. The van der Waals surface area contributed by atoms with Crippen LogP contribution in [0.3, 0.4) is 0 Å². The second-order valence-corrected chi connectivity index (χ2v) is 4.50. The van der Waals surface area contributed by atoms with Gasteiger partial charge in [0.25, 0.3) is 0 Å². The first-order valence-corrected chi connectivity index (χ1v) is 5.35. The molecule has 1 rings (SSSR count). The molecule has 1 heteroatoms. The molecule has 1 fully saturated rings. The summed E-state index contributed by atoms with van der Waals surface area (Å²) in [5.41, 5.74) is 0.630. The summed E-state index contributed by atoms with van der Waals surface area (Å²) in [6.45, 7) is 7.04. The molecule has 0 spiro atoms. The van der Waals surface area contributed by atoms with Gasteiger partial charge >= 0.3 is 0 Å². The van der Waals surface area contributed by atoms with E-state index in [-0.39, 0.29) is 0 Å². The van der Waals surface area contributed by atoms with Crippen molar-refractivity contribution in [2.24, 2.45) is 11.3 Å². The van der Waals surface area contributed by atoms with Crippen molar-refractivity contribution in [2.75, 3.05) is 7.05 Å². The van der Waals surface area contributed by atoms with E-state index in [2.05, 4.69) is 33.1 Å². The maximum absolute atomic E-state index is 3.51. The number of rotatable bonds is 5. The maximum Gasteiger partial charge on any atom is 0.0146 e. The lowest BCUT2D eigenvalue weighted by molar-refractivity contribution is 0.253. The third kappa shape index (κ3) is 1.82. The standard InChI is InChI=1S/C11H23N/c1-5-9(6-2)10(12-4)11(3)7-8-11/h9-10,12H,5-8H2,1-4H3. The summed E-state index contributed by atoms with van der Waals surface area (Å²) >= 11 is 0. The molecule has 0 aromatic carbocycles. The lowest BCUT2D eigenvalue weighted by atomic mass is 9.84. The highest BCUT2D eigenvalue weighted by Gasteiger charge is 2.46. The first-order chi connectivity index (χ1) is 5.68. The Kier molecular flexibility index (Phi) is 3.16. The van der Waals surface area contributed by atoms with E-state index in [9.17, 15) is 0 Å². The van der Waals surface area contributed by atoms with Crippen LogP contribution in [0, 0.1) is 11.3 Å². The van der Waals surface area contributed by atoms with Gasteiger partial charge in [-0.05, 0) is 31.2 Å². The van der Waals surface area contributed by atoms with Gasteiger partial charge in [-0.3, -0.25) is 0 Å². The summed E-state index contributed by atoms with van der Waals surface area (Å²) in [5.74, 6) is 0.877. The zero-order chi connectivity index (χ0) is 9.19. The minimum absolute atomic E-state index is 0.630. The molecular weight excluding hydrogens is 146 g/mol. The van der Waals surface area contributed by atoms with Gasteiger partial charge in [0.05, 0.1) is 0 Å². The molecule has 0 bridgehead atoms. The van der Waals surface area contributed by atoms with E-state index in [4.69, 9.17) is 0 Å². The van der Waals surface area contributed by atoms with Crippen LogP contribution in [-0.4, -0.2) is 13.1 Å². The quantitative estimate of drug-likeness (QED) is 0.667. The molecule has 1 atom stereocenters. The van der Waals surface area contributed by atoms with Crippen LogP contribution >= 0.6 is 0 Å². The minimum atomic E-state index is 0.630.